The van der Waals surface area contributed by atoms with Gasteiger partial charge in [0.1, 0.15) is 6.33 Å². The van der Waals surface area contributed by atoms with Gasteiger partial charge in [0, 0.05) is 18.4 Å². The van der Waals surface area contributed by atoms with E-state index in [9.17, 15) is 0 Å². The quantitative estimate of drug-likeness (QED) is 0.731. The van der Waals surface area contributed by atoms with E-state index in [2.05, 4.69) is 16.2 Å². The van der Waals surface area contributed by atoms with Gasteiger partial charge in [-0.25, -0.2) is 4.98 Å². The third-order valence-electron chi connectivity index (χ3n) is 2.46. The predicted molar refractivity (Wildman–Crippen MR) is 46.3 cm³/mol. The molecule has 0 saturated heterocycles. The SMILES string of the molecule is N#CCC1(Cn2cnc(N)n2)CC1. The highest BCUT2D eigenvalue weighted by atomic mass is 15.4. The summed E-state index contributed by atoms with van der Waals surface area (Å²) < 4.78 is 1.72. The summed E-state index contributed by atoms with van der Waals surface area (Å²) in [4.78, 5) is 3.84. The average Bonchev–Trinajstić information content (AvgIpc) is 2.70. The first kappa shape index (κ1) is 8.05. The molecule has 5 nitrogen and oxygen atoms in total. The van der Waals surface area contributed by atoms with Crippen molar-refractivity contribution in [1.82, 2.24) is 14.8 Å². The van der Waals surface area contributed by atoms with Crippen molar-refractivity contribution in [2.24, 2.45) is 5.41 Å². The maximum atomic E-state index is 8.61. The Balaban J connectivity index is 2.02. The molecular weight excluding hydrogens is 166 g/mol. The molecule has 1 aliphatic carbocycles. The highest BCUT2D eigenvalue weighted by molar-refractivity contribution is 5.10. The number of nitriles is 1. The fourth-order valence-corrected chi connectivity index (χ4v) is 1.46. The molecule has 1 saturated carbocycles. The van der Waals surface area contributed by atoms with Crippen LogP contribution in [0.15, 0.2) is 6.33 Å². The minimum absolute atomic E-state index is 0.162. The molecule has 0 spiro atoms. The molecule has 0 aliphatic heterocycles. The van der Waals surface area contributed by atoms with Gasteiger partial charge in [-0.15, -0.1) is 5.10 Å². The summed E-state index contributed by atoms with van der Waals surface area (Å²) in [5, 5.41) is 12.6. The number of hydrogen-bond donors (Lipinski definition) is 1. The van der Waals surface area contributed by atoms with E-state index in [1.54, 1.807) is 11.0 Å². The first-order valence-electron chi connectivity index (χ1n) is 4.26. The van der Waals surface area contributed by atoms with E-state index in [-0.39, 0.29) is 5.41 Å². The molecule has 0 aromatic carbocycles. The average molecular weight is 177 g/mol. The van der Waals surface area contributed by atoms with E-state index in [1.807, 2.05) is 0 Å². The van der Waals surface area contributed by atoms with Gasteiger partial charge in [-0.3, -0.25) is 4.68 Å². The van der Waals surface area contributed by atoms with Crippen molar-refractivity contribution < 1.29 is 0 Å². The molecule has 5 heteroatoms. The number of aromatic nitrogens is 3. The van der Waals surface area contributed by atoms with E-state index in [4.69, 9.17) is 11.0 Å². The first-order valence-corrected chi connectivity index (χ1v) is 4.26. The summed E-state index contributed by atoms with van der Waals surface area (Å²) in [5.74, 6) is 0.299. The second-order valence-electron chi connectivity index (χ2n) is 3.64. The van der Waals surface area contributed by atoms with Crippen LogP contribution in [0.2, 0.25) is 0 Å². The van der Waals surface area contributed by atoms with E-state index in [0.29, 0.717) is 12.4 Å². The van der Waals surface area contributed by atoms with Crippen LogP contribution in [0.25, 0.3) is 0 Å². The lowest BCUT2D eigenvalue weighted by atomic mass is 10.0. The monoisotopic (exact) mass is 177 g/mol. The van der Waals surface area contributed by atoms with Gasteiger partial charge in [0.25, 0.3) is 0 Å². The Morgan fingerprint density at radius 3 is 2.92 bits per heavy atom. The van der Waals surface area contributed by atoms with Crippen molar-refractivity contribution in [1.29, 1.82) is 5.26 Å². The number of nitrogen functional groups attached to an aromatic ring is 1. The number of nitrogens with two attached hydrogens (primary N) is 1. The van der Waals surface area contributed by atoms with Gasteiger partial charge in [-0.1, -0.05) is 0 Å². The second kappa shape index (κ2) is 2.73. The van der Waals surface area contributed by atoms with Crippen LogP contribution >= 0.6 is 0 Å². The fraction of sp³-hybridized carbons (Fsp3) is 0.625. The summed E-state index contributed by atoms with van der Waals surface area (Å²) in [6.45, 7) is 0.769. The van der Waals surface area contributed by atoms with E-state index >= 15 is 0 Å². The third-order valence-corrected chi connectivity index (χ3v) is 2.46. The summed E-state index contributed by atoms with van der Waals surface area (Å²) in [6, 6.07) is 2.20. The van der Waals surface area contributed by atoms with Gasteiger partial charge in [0.05, 0.1) is 6.07 Å². The first-order chi connectivity index (χ1) is 6.24. The lowest BCUT2D eigenvalue weighted by Gasteiger charge is -2.09. The molecule has 0 unspecified atom stereocenters. The minimum Gasteiger partial charge on any atom is -0.367 e. The molecule has 1 heterocycles. The fourth-order valence-electron chi connectivity index (χ4n) is 1.46. The normalized spacial score (nSPS) is 18.1. The minimum atomic E-state index is 0.162. The van der Waals surface area contributed by atoms with Crippen LogP contribution in [0.4, 0.5) is 5.95 Å². The summed E-state index contributed by atoms with van der Waals surface area (Å²) in [6.07, 6.45) is 4.44. The summed E-state index contributed by atoms with van der Waals surface area (Å²) >= 11 is 0. The second-order valence-corrected chi connectivity index (χ2v) is 3.64. The zero-order valence-electron chi connectivity index (χ0n) is 7.27. The lowest BCUT2D eigenvalue weighted by molar-refractivity contribution is 0.404. The van der Waals surface area contributed by atoms with Gasteiger partial charge in [-0.05, 0) is 12.8 Å². The van der Waals surface area contributed by atoms with Gasteiger partial charge in [-0.2, -0.15) is 5.26 Å². The lowest BCUT2D eigenvalue weighted by Crippen LogP contribution is -2.11. The summed E-state index contributed by atoms with van der Waals surface area (Å²) in [7, 11) is 0. The van der Waals surface area contributed by atoms with Crippen LogP contribution in [0.1, 0.15) is 19.3 Å². The Bertz CT molecular complexity index is 344. The predicted octanol–water partition coefficient (Wildman–Crippen LogP) is 0.554. The Kier molecular flexibility index (Phi) is 1.69. The molecule has 0 amide bonds. The Morgan fingerprint density at radius 1 is 1.69 bits per heavy atom. The molecular formula is C8H11N5. The zero-order valence-corrected chi connectivity index (χ0v) is 7.27. The van der Waals surface area contributed by atoms with Crippen molar-refractivity contribution in [2.45, 2.75) is 25.8 Å². The van der Waals surface area contributed by atoms with E-state index < -0.39 is 0 Å². The Morgan fingerprint density at radius 2 is 2.46 bits per heavy atom. The largest absolute Gasteiger partial charge is 0.367 e. The highest BCUT2D eigenvalue weighted by Gasteiger charge is 2.43. The molecule has 2 rings (SSSR count). The molecule has 0 atom stereocenters. The maximum Gasteiger partial charge on any atom is 0.239 e. The molecule has 68 valence electrons. The van der Waals surface area contributed by atoms with Crippen LogP contribution in [-0.2, 0) is 6.54 Å². The van der Waals surface area contributed by atoms with Crippen molar-refractivity contribution in [3.8, 4) is 6.07 Å². The van der Waals surface area contributed by atoms with Crippen LogP contribution < -0.4 is 5.73 Å². The van der Waals surface area contributed by atoms with Crippen LogP contribution in [0, 0.1) is 16.7 Å². The number of hydrogen-bond acceptors (Lipinski definition) is 4. The van der Waals surface area contributed by atoms with Gasteiger partial charge < -0.3 is 5.73 Å². The molecule has 0 bridgehead atoms. The van der Waals surface area contributed by atoms with Crippen LogP contribution in [0.3, 0.4) is 0 Å². The molecule has 1 aromatic rings. The van der Waals surface area contributed by atoms with Crippen molar-refractivity contribution in [2.75, 3.05) is 5.73 Å². The van der Waals surface area contributed by atoms with Crippen molar-refractivity contribution in [3.63, 3.8) is 0 Å². The number of rotatable bonds is 3. The maximum absolute atomic E-state index is 8.61. The third kappa shape index (κ3) is 1.61. The van der Waals surface area contributed by atoms with E-state index in [1.165, 1.54) is 0 Å². The van der Waals surface area contributed by atoms with Gasteiger partial charge >= 0.3 is 0 Å². The standard InChI is InChI=1S/C8H11N5/c9-4-3-8(1-2-8)5-13-6-11-7(10)12-13/h6H,1-3,5H2,(H2,10,12). The molecule has 1 aromatic heterocycles. The van der Waals surface area contributed by atoms with Crippen LogP contribution in [-0.4, -0.2) is 14.8 Å². The van der Waals surface area contributed by atoms with Crippen molar-refractivity contribution in [3.05, 3.63) is 6.33 Å². The molecule has 1 fully saturated rings. The molecule has 1 aliphatic rings. The number of nitrogens with zero attached hydrogens (tertiary/aromatic N) is 4. The Labute approximate surface area is 76.2 Å². The zero-order chi connectivity index (χ0) is 9.31. The number of anilines is 1. The van der Waals surface area contributed by atoms with E-state index in [0.717, 1.165) is 19.4 Å². The molecule has 0 radical (unpaired) electrons. The summed E-state index contributed by atoms with van der Waals surface area (Å²) in [5.41, 5.74) is 5.55. The Hall–Kier alpha value is -1.57. The topological polar surface area (TPSA) is 80.5 Å². The smallest absolute Gasteiger partial charge is 0.239 e. The van der Waals surface area contributed by atoms with Gasteiger partial charge in [0.2, 0.25) is 5.95 Å². The highest BCUT2D eigenvalue weighted by Crippen LogP contribution is 2.49. The molecule has 13 heavy (non-hydrogen) atoms. The van der Waals surface area contributed by atoms with Gasteiger partial charge in [0.15, 0.2) is 0 Å². The van der Waals surface area contributed by atoms with Crippen LogP contribution in [0.5, 0.6) is 0 Å². The molecule has 2 N–H and O–H groups in total. The van der Waals surface area contributed by atoms with Crippen molar-refractivity contribution >= 4 is 5.95 Å².